The van der Waals surface area contributed by atoms with Crippen molar-refractivity contribution >= 4 is 0 Å². The van der Waals surface area contributed by atoms with Crippen LogP contribution in [-0.4, -0.2) is 0 Å². The van der Waals surface area contributed by atoms with E-state index in [1.165, 1.54) is 51.4 Å². The van der Waals surface area contributed by atoms with Crippen LogP contribution >= 0.6 is 0 Å². The highest BCUT2D eigenvalue weighted by Gasteiger charge is 2.28. The maximum Gasteiger partial charge on any atom is -0.0178 e. The van der Waals surface area contributed by atoms with Crippen LogP contribution in [0.4, 0.5) is 0 Å². The van der Waals surface area contributed by atoms with Crippen LogP contribution in [0.3, 0.4) is 0 Å². The lowest BCUT2D eigenvalue weighted by Gasteiger charge is -2.31. The predicted octanol–water partition coefficient (Wildman–Crippen LogP) is 3.92. The van der Waals surface area contributed by atoms with Crippen LogP contribution in [0.25, 0.3) is 0 Å². The van der Waals surface area contributed by atoms with Gasteiger partial charge in [0.25, 0.3) is 0 Å². The first-order valence-electron chi connectivity index (χ1n) is 5.55. The van der Waals surface area contributed by atoms with E-state index in [1.807, 2.05) is 0 Å². The van der Waals surface area contributed by atoms with Gasteiger partial charge in [0.15, 0.2) is 0 Å². The van der Waals surface area contributed by atoms with Gasteiger partial charge in [-0.15, -0.1) is 0 Å². The predicted molar refractivity (Wildman–Crippen MR) is 53.1 cm³/mol. The van der Waals surface area contributed by atoms with Gasteiger partial charge in [0.05, 0.1) is 0 Å². The van der Waals surface area contributed by atoms with Gasteiger partial charge in [-0.25, -0.2) is 0 Å². The number of hydrogen-bond acceptors (Lipinski definition) is 0. The average Bonchev–Trinajstić information content (AvgIpc) is 2.29. The molecule has 12 heavy (non-hydrogen) atoms. The van der Waals surface area contributed by atoms with Gasteiger partial charge < -0.3 is 0 Å². The van der Waals surface area contributed by atoms with Crippen LogP contribution in [0.1, 0.15) is 51.4 Å². The molecule has 0 radical (unpaired) electrons. The summed E-state index contributed by atoms with van der Waals surface area (Å²) in [5, 5.41) is 0. The van der Waals surface area contributed by atoms with Crippen LogP contribution in [0.15, 0.2) is 12.2 Å². The van der Waals surface area contributed by atoms with Crippen molar-refractivity contribution in [2.75, 3.05) is 0 Å². The summed E-state index contributed by atoms with van der Waals surface area (Å²) >= 11 is 0. The van der Waals surface area contributed by atoms with Crippen molar-refractivity contribution in [3.05, 3.63) is 12.2 Å². The number of hydrogen-bond donors (Lipinski definition) is 0. The first-order valence-corrected chi connectivity index (χ1v) is 5.55. The zero-order valence-corrected chi connectivity index (χ0v) is 8.02. The first-order chi connectivity index (χ1) is 5.88. The van der Waals surface area contributed by atoms with E-state index in [0.717, 1.165) is 11.8 Å². The molecule has 0 heteroatoms. The smallest absolute Gasteiger partial charge is 0.0178 e. The fourth-order valence-corrected chi connectivity index (χ4v) is 3.03. The molecule has 0 unspecified atom stereocenters. The van der Waals surface area contributed by atoms with Gasteiger partial charge in [0.1, 0.15) is 0 Å². The van der Waals surface area contributed by atoms with Crippen LogP contribution in [0.5, 0.6) is 0 Å². The van der Waals surface area contributed by atoms with Gasteiger partial charge >= 0.3 is 0 Å². The Labute approximate surface area is 76.1 Å². The lowest BCUT2D eigenvalue weighted by Crippen LogP contribution is -2.19. The average molecular weight is 164 g/mol. The van der Waals surface area contributed by atoms with Gasteiger partial charge in [-0.3, -0.25) is 0 Å². The minimum Gasteiger partial charge on any atom is -0.0996 e. The highest BCUT2D eigenvalue weighted by atomic mass is 14.3. The normalized spacial score (nSPS) is 37.2. The van der Waals surface area contributed by atoms with E-state index < -0.39 is 0 Å². The second-order valence-corrected chi connectivity index (χ2v) is 4.56. The Kier molecular flexibility index (Phi) is 2.53. The Morgan fingerprint density at radius 3 is 2.42 bits per heavy atom. The molecular formula is C12H20. The number of rotatable bonds is 0. The molecule has 0 heterocycles. The molecule has 2 atom stereocenters. The third-order valence-corrected chi connectivity index (χ3v) is 3.76. The Balaban J connectivity index is 2.06. The molecule has 68 valence electrons. The first kappa shape index (κ1) is 8.34. The zero-order chi connectivity index (χ0) is 8.39. The van der Waals surface area contributed by atoms with Gasteiger partial charge in [-0.05, 0) is 43.9 Å². The molecule has 0 nitrogen and oxygen atoms in total. The molecule has 2 saturated carbocycles. The van der Waals surface area contributed by atoms with Crippen LogP contribution in [0.2, 0.25) is 0 Å². The Bertz CT molecular complexity index is 169. The molecule has 2 aliphatic carbocycles. The Morgan fingerprint density at radius 1 is 0.917 bits per heavy atom. The lowest BCUT2D eigenvalue weighted by atomic mass is 9.75. The van der Waals surface area contributed by atoms with Gasteiger partial charge in [0, 0.05) is 0 Å². The van der Waals surface area contributed by atoms with E-state index in [0.29, 0.717) is 0 Å². The second-order valence-electron chi connectivity index (χ2n) is 4.56. The topological polar surface area (TPSA) is 0 Å². The van der Waals surface area contributed by atoms with E-state index in [-0.39, 0.29) is 0 Å². The molecule has 2 fully saturated rings. The second kappa shape index (κ2) is 3.64. The van der Waals surface area contributed by atoms with Gasteiger partial charge in [-0.2, -0.15) is 0 Å². The van der Waals surface area contributed by atoms with Crippen molar-refractivity contribution in [1.29, 1.82) is 0 Å². The Hall–Kier alpha value is -0.260. The highest BCUT2D eigenvalue weighted by Crippen LogP contribution is 2.41. The maximum atomic E-state index is 4.26. The SMILES string of the molecule is C=C1CCCC[C@@H]2CCCC[C@H]12. The monoisotopic (exact) mass is 164 g/mol. The molecule has 2 rings (SSSR count). The Morgan fingerprint density at radius 2 is 1.58 bits per heavy atom. The van der Waals surface area contributed by atoms with Crippen LogP contribution in [0, 0.1) is 11.8 Å². The van der Waals surface area contributed by atoms with Crippen molar-refractivity contribution < 1.29 is 0 Å². The largest absolute Gasteiger partial charge is 0.0996 e. The van der Waals surface area contributed by atoms with Crippen molar-refractivity contribution in [1.82, 2.24) is 0 Å². The molecule has 0 aromatic carbocycles. The summed E-state index contributed by atoms with van der Waals surface area (Å²) in [5.41, 5.74) is 1.58. The van der Waals surface area contributed by atoms with Crippen molar-refractivity contribution in [2.45, 2.75) is 51.4 Å². The van der Waals surface area contributed by atoms with Gasteiger partial charge in [-0.1, -0.05) is 31.4 Å². The van der Waals surface area contributed by atoms with Crippen molar-refractivity contribution in [3.63, 3.8) is 0 Å². The third-order valence-electron chi connectivity index (χ3n) is 3.76. The molecule has 2 aliphatic rings. The molecule has 0 aliphatic heterocycles. The summed E-state index contributed by atoms with van der Waals surface area (Å²) in [6, 6.07) is 0. The molecule has 0 aromatic rings. The standard InChI is InChI=1S/C12H20/c1-10-6-2-3-7-11-8-4-5-9-12(10)11/h11-12H,1-9H2/t11-,12-/m1/s1. The molecule has 0 bridgehead atoms. The summed E-state index contributed by atoms with van der Waals surface area (Å²) in [5.74, 6) is 1.94. The van der Waals surface area contributed by atoms with Crippen molar-refractivity contribution in [3.8, 4) is 0 Å². The summed E-state index contributed by atoms with van der Waals surface area (Å²) in [7, 11) is 0. The van der Waals surface area contributed by atoms with Crippen molar-refractivity contribution in [2.24, 2.45) is 11.8 Å². The lowest BCUT2D eigenvalue weighted by molar-refractivity contribution is 0.263. The van der Waals surface area contributed by atoms with Gasteiger partial charge in [0.2, 0.25) is 0 Å². The zero-order valence-electron chi connectivity index (χ0n) is 8.02. The summed E-state index contributed by atoms with van der Waals surface area (Å²) in [4.78, 5) is 0. The minimum atomic E-state index is 0.918. The molecule has 0 saturated heterocycles. The van der Waals surface area contributed by atoms with E-state index in [1.54, 1.807) is 5.57 Å². The number of allylic oxidation sites excluding steroid dienone is 1. The van der Waals surface area contributed by atoms with Crippen LogP contribution in [-0.2, 0) is 0 Å². The highest BCUT2D eigenvalue weighted by molar-refractivity contribution is 5.05. The van der Waals surface area contributed by atoms with E-state index in [4.69, 9.17) is 0 Å². The molecule has 0 aromatic heterocycles. The fraction of sp³-hybridized carbons (Fsp3) is 0.833. The minimum absolute atomic E-state index is 0.918. The summed E-state index contributed by atoms with van der Waals surface area (Å²) < 4.78 is 0. The molecule has 0 amide bonds. The quantitative estimate of drug-likeness (QED) is 0.476. The molecular weight excluding hydrogens is 144 g/mol. The van der Waals surface area contributed by atoms with E-state index in [2.05, 4.69) is 6.58 Å². The fourth-order valence-electron chi connectivity index (χ4n) is 3.03. The molecule has 0 N–H and O–H groups in total. The van der Waals surface area contributed by atoms with Crippen LogP contribution < -0.4 is 0 Å². The summed E-state index contributed by atoms with van der Waals surface area (Å²) in [6.07, 6.45) is 11.6. The summed E-state index contributed by atoms with van der Waals surface area (Å²) in [6.45, 7) is 4.26. The van der Waals surface area contributed by atoms with E-state index in [9.17, 15) is 0 Å². The third kappa shape index (κ3) is 1.57. The van der Waals surface area contributed by atoms with E-state index >= 15 is 0 Å². The molecule has 0 spiro atoms. The number of fused-ring (bicyclic) bond motifs is 1. The maximum absolute atomic E-state index is 4.26.